The van der Waals surface area contributed by atoms with E-state index in [0.717, 1.165) is 6.42 Å². The molecular weight excluding hydrogens is 605 g/mol. The first-order valence-electron chi connectivity index (χ1n) is 18.2. The molecule has 1 heterocycles. The molecule has 0 spiro atoms. The molecule has 0 fully saturated rings. The molecule has 6 aromatic rings. The first kappa shape index (κ1) is 29.6. The maximum Gasteiger partial charge on any atom is 0.0542 e. The highest BCUT2D eigenvalue weighted by molar-refractivity contribution is 6.10. The summed E-state index contributed by atoms with van der Waals surface area (Å²) in [5.74, 6) is 1.34. The van der Waals surface area contributed by atoms with Crippen LogP contribution in [0.4, 0.5) is 11.4 Å². The van der Waals surface area contributed by atoms with Gasteiger partial charge in [0, 0.05) is 50.8 Å². The van der Waals surface area contributed by atoms with Crippen molar-refractivity contribution in [2.75, 3.05) is 4.90 Å². The maximum absolute atomic E-state index is 2.54. The van der Waals surface area contributed by atoms with Crippen LogP contribution in [0.15, 0.2) is 163 Å². The van der Waals surface area contributed by atoms with Crippen LogP contribution in [0.5, 0.6) is 0 Å². The van der Waals surface area contributed by atoms with E-state index in [0.29, 0.717) is 17.8 Å². The maximum atomic E-state index is 2.54. The van der Waals surface area contributed by atoms with Gasteiger partial charge < -0.3 is 9.47 Å². The van der Waals surface area contributed by atoms with Crippen molar-refractivity contribution in [3.63, 3.8) is 0 Å². The van der Waals surface area contributed by atoms with Crippen molar-refractivity contribution < 1.29 is 0 Å². The number of hydrogen-bond donors (Lipinski definition) is 0. The second kappa shape index (κ2) is 10.6. The smallest absolute Gasteiger partial charge is 0.0542 e. The predicted molar refractivity (Wildman–Crippen MR) is 210 cm³/mol. The zero-order valence-electron chi connectivity index (χ0n) is 29.3. The van der Waals surface area contributed by atoms with Gasteiger partial charge in [-0.05, 0) is 94.6 Å². The van der Waals surface area contributed by atoms with Crippen molar-refractivity contribution in [3.8, 4) is 5.69 Å². The van der Waals surface area contributed by atoms with Crippen LogP contribution in [-0.2, 0) is 10.8 Å². The molecule has 2 unspecified atom stereocenters. The highest BCUT2D eigenvalue weighted by atomic mass is 15.1. The number of hydrogen-bond acceptors (Lipinski definition) is 1. The largest absolute Gasteiger partial charge is 0.311 e. The quantitative estimate of drug-likeness (QED) is 0.185. The van der Waals surface area contributed by atoms with Gasteiger partial charge in [0.15, 0.2) is 0 Å². The number of benzene rings is 5. The van der Waals surface area contributed by atoms with Gasteiger partial charge in [-0.3, -0.25) is 0 Å². The van der Waals surface area contributed by atoms with Crippen LogP contribution >= 0.6 is 0 Å². The Morgan fingerprint density at radius 2 is 1.36 bits per heavy atom. The Balaban J connectivity index is 1.18. The van der Waals surface area contributed by atoms with E-state index in [1.165, 1.54) is 72.4 Å². The predicted octanol–water partition coefficient (Wildman–Crippen LogP) is 12.3. The summed E-state index contributed by atoms with van der Waals surface area (Å²) in [6.07, 6.45) is 15.3. The molecule has 5 aromatic carbocycles. The van der Waals surface area contributed by atoms with Crippen molar-refractivity contribution in [2.24, 2.45) is 5.92 Å². The molecule has 0 radical (unpaired) electrons. The van der Waals surface area contributed by atoms with Crippen molar-refractivity contribution in [3.05, 3.63) is 185 Å². The molecule has 0 bridgehead atoms. The van der Waals surface area contributed by atoms with Crippen LogP contribution in [0, 0.1) is 5.92 Å². The number of rotatable bonds is 4. The van der Waals surface area contributed by atoms with E-state index >= 15 is 0 Å². The summed E-state index contributed by atoms with van der Waals surface area (Å²) in [6.45, 7) is 9.69. The third-order valence-corrected chi connectivity index (χ3v) is 12.5. The van der Waals surface area contributed by atoms with E-state index in [9.17, 15) is 0 Å². The summed E-state index contributed by atoms with van der Waals surface area (Å²) in [7, 11) is 0. The van der Waals surface area contributed by atoms with Gasteiger partial charge in [0.2, 0.25) is 0 Å². The summed E-state index contributed by atoms with van der Waals surface area (Å²) in [6, 6.07) is 43.1. The third kappa shape index (κ3) is 4.08. The molecule has 4 aliphatic rings. The Morgan fingerprint density at radius 3 is 2.24 bits per heavy atom. The molecule has 4 aliphatic carbocycles. The van der Waals surface area contributed by atoms with Crippen molar-refractivity contribution in [1.82, 2.24) is 4.57 Å². The fraction of sp³-hybridized carbons (Fsp3) is 0.208. The molecule has 244 valence electrons. The molecule has 10 rings (SSSR count). The van der Waals surface area contributed by atoms with Crippen LogP contribution in [0.2, 0.25) is 0 Å². The zero-order valence-corrected chi connectivity index (χ0v) is 29.3. The monoisotopic (exact) mass is 646 g/mol. The minimum atomic E-state index is -0.0200. The lowest BCUT2D eigenvalue weighted by molar-refractivity contribution is 0.394. The van der Waals surface area contributed by atoms with Crippen molar-refractivity contribution in [1.29, 1.82) is 0 Å². The normalized spacial score (nSPS) is 22.1. The Kier molecular flexibility index (Phi) is 6.26. The van der Waals surface area contributed by atoms with Crippen LogP contribution in [0.3, 0.4) is 0 Å². The summed E-state index contributed by atoms with van der Waals surface area (Å²) >= 11 is 0. The standard InChI is InChI=1S/C48H42N2/c1-47(2)41-19-11-8-16-35(41)37-25-22-33(29-43(37)47)49(34-23-26-38-36-17-9-12-20-42(36)48(3,4)44(38)30-34)32-24-27-46-40(28-32)39-18-10-13-21-45(39)50(46)31-14-6-5-7-15-31/h5-25,27-30,35,38,41H,26H2,1-4H3/t35?,38-,41?/m1/s1. The van der Waals surface area contributed by atoms with Gasteiger partial charge in [-0.15, -0.1) is 0 Å². The molecule has 50 heavy (non-hydrogen) atoms. The van der Waals surface area contributed by atoms with Crippen molar-refractivity contribution in [2.45, 2.75) is 56.8 Å². The van der Waals surface area contributed by atoms with Gasteiger partial charge in [-0.25, -0.2) is 0 Å². The zero-order chi connectivity index (χ0) is 33.8. The Labute approximate surface area is 295 Å². The van der Waals surface area contributed by atoms with E-state index in [-0.39, 0.29) is 10.8 Å². The molecule has 2 heteroatoms. The number of fused-ring (bicyclic) bond motifs is 9. The Morgan fingerprint density at radius 1 is 0.640 bits per heavy atom. The Bertz CT molecular complexity index is 2480. The number of para-hydroxylation sites is 2. The molecule has 0 aliphatic heterocycles. The molecule has 3 atom stereocenters. The van der Waals surface area contributed by atoms with Crippen LogP contribution in [0.25, 0.3) is 27.5 Å². The Hall–Kier alpha value is -5.34. The first-order chi connectivity index (χ1) is 24.3. The van der Waals surface area contributed by atoms with E-state index in [2.05, 4.69) is 189 Å². The highest BCUT2D eigenvalue weighted by Crippen LogP contribution is 2.56. The molecule has 1 aromatic heterocycles. The molecule has 0 N–H and O–H groups in total. The summed E-state index contributed by atoms with van der Waals surface area (Å²) in [5.41, 5.74) is 14.7. The average molecular weight is 647 g/mol. The van der Waals surface area contributed by atoms with Gasteiger partial charge in [-0.1, -0.05) is 130 Å². The fourth-order valence-corrected chi connectivity index (χ4v) is 9.98. The van der Waals surface area contributed by atoms with Crippen LogP contribution < -0.4 is 4.90 Å². The SMILES string of the molecule is CC1(C)C2=CC(N(c3ccc4c(c3)C(C)(C)C3C=CC=CC43)c3ccc4c(c3)c3ccccc3n4-c3ccccc3)=CC[C@@H]2c2ccccc21. The lowest BCUT2D eigenvalue weighted by Crippen LogP contribution is -2.25. The average Bonchev–Trinajstić information content (AvgIpc) is 3.69. The van der Waals surface area contributed by atoms with Gasteiger partial charge >= 0.3 is 0 Å². The second-order valence-electron chi connectivity index (χ2n) is 15.8. The first-order valence-corrected chi connectivity index (χ1v) is 18.2. The van der Waals surface area contributed by atoms with Gasteiger partial charge in [-0.2, -0.15) is 0 Å². The number of anilines is 2. The lowest BCUT2D eigenvalue weighted by atomic mass is 9.74. The number of nitrogens with zero attached hydrogens (tertiary/aromatic N) is 2. The molecule has 0 amide bonds. The minimum Gasteiger partial charge on any atom is -0.311 e. The van der Waals surface area contributed by atoms with Gasteiger partial charge in [0.25, 0.3) is 0 Å². The van der Waals surface area contributed by atoms with Gasteiger partial charge in [0.1, 0.15) is 0 Å². The van der Waals surface area contributed by atoms with E-state index < -0.39 is 0 Å². The molecule has 0 saturated heterocycles. The third-order valence-electron chi connectivity index (χ3n) is 12.5. The number of aromatic nitrogens is 1. The lowest BCUT2D eigenvalue weighted by Gasteiger charge is -2.34. The molecule has 0 saturated carbocycles. The number of allylic oxidation sites excluding steroid dienone is 7. The van der Waals surface area contributed by atoms with E-state index in [4.69, 9.17) is 0 Å². The summed E-state index contributed by atoms with van der Waals surface area (Å²) < 4.78 is 2.41. The topological polar surface area (TPSA) is 8.17 Å². The molecular formula is C48H42N2. The fourth-order valence-electron chi connectivity index (χ4n) is 9.98. The summed E-state index contributed by atoms with van der Waals surface area (Å²) in [4.78, 5) is 2.54. The van der Waals surface area contributed by atoms with E-state index in [1.54, 1.807) is 0 Å². The van der Waals surface area contributed by atoms with Gasteiger partial charge in [0.05, 0.1) is 11.0 Å². The highest BCUT2D eigenvalue weighted by Gasteiger charge is 2.45. The van der Waals surface area contributed by atoms with Crippen molar-refractivity contribution >= 4 is 33.2 Å². The van der Waals surface area contributed by atoms with Crippen LogP contribution in [0.1, 0.15) is 68.2 Å². The van der Waals surface area contributed by atoms with E-state index in [1.807, 2.05) is 0 Å². The second-order valence-corrected chi connectivity index (χ2v) is 15.8. The minimum absolute atomic E-state index is 0.0200. The van der Waals surface area contributed by atoms with Crippen LogP contribution in [-0.4, -0.2) is 4.57 Å². The molecule has 2 nitrogen and oxygen atoms in total. The summed E-state index contributed by atoms with van der Waals surface area (Å²) in [5, 5.41) is 2.54.